The number of likely N-dealkylation sites (tertiary alicyclic amines) is 2. The van der Waals surface area contributed by atoms with Gasteiger partial charge in [-0.15, -0.1) is 0 Å². The lowest BCUT2D eigenvalue weighted by atomic mass is 9.83. The molecular weight excluding hydrogens is 1160 g/mol. The summed E-state index contributed by atoms with van der Waals surface area (Å²) >= 11 is 0. The van der Waals surface area contributed by atoms with E-state index in [-0.39, 0.29) is 36.2 Å². The molecule has 3 aliphatic heterocycles. The maximum absolute atomic E-state index is 14.6. The molecule has 5 aromatic rings. The number of hydrogen-bond donors (Lipinski definition) is 2. The Kier molecular flexibility index (Phi) is 25.2. The number of benzene rings is 4. The topological polar surface area (TPSA) is 183 Å². The summed E-state index contributed by atoms with van der Waals surface area (Å²) in [6.07, 6.45) is 9.21. The summed E-state index contributed by atoms with van der Waals surface area (Å²) in [7, 11) is 1.57. The zero-order valence-corrected chi connectivity index (χ0v) is 56.1. The Hall–Kier alpha value is -7.25. The lowest BCUT2D eigenvalue weighted by Gasteiger charge is -2.41. The van der Waals surface area contributed by atoms with Gasteiger partial charge in [0, 0.05) is 87.6 Å². The number of nitrogens with one attached hydrogen (secondary N) is 2. The second kappa shape index (κ2) is 33.5. The van der Waals surface area contributed by atoms with E-state index in [0.29, 0.717) is 89.4 Å². The second-order valence-electron chi connectivity index (χ2n) is 26.3. The number of piperidine rings is 1. The van der Waals surface area contributed by atoms with Gasteiger partial charge in [0.25, 0.3) is 5.91 Å². The summed E-state index contributed by atoms with van der Waals surface area (Å²) in [6.45, 7) is 24.1. The van der Waals surface area contributed by atoms with E-state index in [0.717, 1.165) is 147 Å². The van der Waals surface area contributed by atoms with E-state index in [2.05, 4.69) is 50.5 Å². The molecule has 1 aromatic heterocycles. The van der Waals surface area contributed by atoms with Crippen molar-refractivity contribution in [3.05, 3.63) is 136 Å². The highest BCUT2D eigenvalue weighted by Gasteiger charge is 2.45. The van der Waals surface area contributed by atoms with Gasteiger partial charge in [-0.25, -0.2) is 9.78 Å². The number of hydrogen-bond acceptors (Lipinski definition) is 14. The number of rotatable bonds is 29. The van der Waals surface area contributed by atoms with Crippen LogP contribution < -0.4 is 29.7 Å². The van der Waals surface area contributed by atoms with Crippen LogP contribution in [0.2, 0.25) is 0 Å². The first-order valence-electron chi connectivity index (χ1n) is 33.7. The van der Waals surface area contributed by atoms with Gasteiger partial charge in [0.15, 0.2) is 0 Å². The molecule has 4 fully saturated rings. The molecule has 92 heavy (non-hydrogen) atoms. The molecule has 498 valence electrons. The molecule has 3 saturated heterocycles. The Morgan fingerprint density at radius 2 is 1.39 bits per heavy atom. The summed E-state index contributed by atoms with van der Waals surface area (Å²) in [6, 6.07) is 31.5. The molecule has 0 bridgehead atoms. The van der Waals surface area contributed by atoms with E-state index in [4.69, 9.17) is 38.1 Å². The molecule has 1 aliphatic carbocycles. The minimum Gasteiger partial charge on any atom is -0.491 e. The minimum absolute atomic E-state index is 0.0198. The smallest absolute Gasteiger partial charge is 0.410 e. The molecule has 4 aliphatic rings. The van der Waals surface area contributed by atoms with Crippen LogP contribution in [0.3, 0.4) is 0 Å². The third-order valence-electron chi connectivity index (χ3n) is 18.7. The Morgan fingerprint density at radius 1 is 0.739 bits per heavy atom. The van der Waals surface area contributed by atoms with Crippen molar-refractivity contribution >= 4 is 29.5 Å². The highest BCUT2D eigenvalue weighted by atomic mass is 16.6. The van der Waals surface area contributed by atoms with Gasteiger partial charge in [0.1, 0.15) is 49.0 Å². The molecule has 4 amide bonds. The van der Waals surface area contributed by atoms with Crippen LogP contribution in [0.25, 0.3) is 11.1 Å². The minimum atomic E-state index is -0.795. The van der Waals surface area contributed by atoms with Crippen molar-refractivity contribution in [3.63, 3.8) is 0 Å². The number of pyridine rings is 1. The van der Waals surface area contributed by atoms with Gasteiger partial charge in [0.05, 0.1) is 26.4 Å². The number of fused-ring (bicyclic) bond motifs is 1. The van der Waals surface area contributed by atoms with E-state index in [9.17, 15) is 19.2 Å². The molecule has 4 atom stereocenters. The van der Waals surface area contributed by atoms with Crippen molar-refractivity contribution < 1.29 is 52.3 Å². The zero-order valence-electron chi connectivity index (χ0n) is 56.1. The number of amides is 4. The van der Waals surface area contributed by atoms with Gasteiger partial charge in [-0.2, -0.15) is 0 Å². The maximum Gasteiger partial charge on any atom is 0.410 e. The van der Waals surface area contributed by atoms with Crippen molar-refractivity contribution in [3.8, 4) is 28.5 Å². The second-order valence-corrected chi connectivity index (χ2v) is 26.3. The Labute approximate surface area is 546 Å². The quantitative estimate of drug-likeness (QED) is 0.0431. The van der Waals surface area contributed by atoms with Crippen LogP contribution in [0.15, 0.2) is 97.1 Å². The fraction of sp³-hybridized carbons (Fsp3) is 0.554. The summed E-state index contributed by atoms with van der Waals surface area (Å²) in [5.74, 6) is 2.08. The number of aryl methyl sites for hydroxylation is 2. The highest BCUT2D eigenvalue weighted by molar-refractivity contribution is 5.99. The first-order valence-corrected chi connectivity index (χ1v) is 33.7. The molecular formula is C74H101N7O11. The number of ether oxygens (including phenoxy) is 7. The van der Waals surface area contributed by atoms with Crippen LogP contribution in [-0.2, 0) is 48.1 Å². The van der Waals surface area contributed by atoms with Crippen molar-refractivity contribution in [2.45, 2.75) is 163 Å². The van der Waals surface area contributed by atoms with Crippen molar-refractivity contribution in [2.24, 2.45) is 11.8 Å². The van der Waals surface area contributed by atoms with E-state index in [1.54, 1.807) is 34.7 Å². The molecule has 2 N–H and O–H groups in total. The molecule has 9 rings (SSSR count). The standard InChI is InChI=1S/C74H101N7O11/c1-10-80(61-32-37-86-38-33-61)66-47-60(46-64(53(66)4)70(83)75-48-65-51(2)45-52(3)76-71(65)91-50-56-17-13-11-14-18-56)57-23-27-63(28-24-57)90-44-42-88-40-39-87-41-43-89-62-25-21-55(22-26-62)29-34-79-35-30-58-31-36-81(67(58)49-79)72(84)68(59-19-15-12-16-20-59)77-69(82)54(5)78(9)73(85)92-74(6,7)8/h11,13-14,17-18,21-28,45-47,54,58-59,61,67-68H,10,12,15-16,19-20,29-44,48-50H2,1-9H3,(H,75,83)(H,77,82)/t54-,58+,67+,68-/m0/s1. The Morgan fingerprint density at radius 3 is 2.05 bits per heavy atom. The van der Waals surface area contributed by atoms with E-state index >= 15 is 0 Å². The number of nitrogens with zero attached hydrogens (tertiary/aromatic N) is 5. The Bertz CT molecular complexity index is 3180. The monoisotopic (exact) mass is 1260 g/mol. The van der Waals surface area contributed by atoms with Crippen molar-refractivity contribution in [1.82, 2.24) is 30.3 Å². The summed E-state index contributed by atoms with van der Waals surface area (Å²) in [5.41, 5.74) is 8.79. The predicted octanol–water partition coefficient (Wildman–Crippen LogP) is 11.5. The number of carbonyl (C=O) groups excluding carboxylic acids is 4. The van der Waals surface area contributed by atoms with Gasteiger partial charge in [-0.3, -0.25) is 19.3 Å². The molecule has 0 unspecified atom stereocenters. The van der Waals surface area contributed by atoms with Gasteiger partial charge in [-0.05, 0) is 195 Å². The third-order valence-corrected chi connectivity index (χ3v) is 18.7. The van der Waals surface area contributed by atoms with Crippen LogP contribution in [0, 0.1) is 32.6 Å². The normalized spacial score (nSPS) is 17.9. The molecule has 4 aromatic carbocycles. The summed E-state index contributed by atoms with van der Waals surface area (Å²) < 4.78 is 41.3. The van der Waals surface area contributed by atoms with Gasteiger partial charge in [-0.1, -0.05) is 73.9 Å². The fourth-order valence-corrected chi connectivity index (χ4v) is 13.4. The molecule has 4 heterocycles. The van der Waals surface area contributed by atoms with Gasteiger partial charge in [0.2, 0.25) is 17.7 Å². The molecule has 0 spiro atoms. The summed E-state index contributed by atoms with van der Waals surface area (Å²) in [4.78, 5) is 68.7. The lowest BCUT2D eigenvalue weighted by molar-refractivity contribution is -0.141. The average Bonchev–Trinajstić information content (AvgIpc) is 1.30. The predicted molar refractivity (Wildman–Crippen MR) is 359 cm³/mol. The maximum atomic E-state index is 14.6. The first kappa shape index (κ1) is 69.1. The number of likely N-dealkylation sites (N-methyl/N-ethyl adjacent to an activating group) is 1. The van der Waals surface area contributed by atoms with Crippen LogP contribution in [0.5, 0.6) is 17.4 Å². The SMILES string of the molecule is CCN(c1cc(-c2ccc(OCCOCCOCCOc3ccc(CCN4CC[C@@H]5CCN(C(=O)[C@@H](NC(=O)[C@H](C)N(C)C(=O)OC(C)(C)C)C6CCCCC6)[C@@H]5C4)cc3)cc2)cc(C(=O)NCc2c(C)cc(C)nc2OCc2ccccc2)c1C)C1CCOCC1. The van der Waals surface area contributed by atoms with E-state index in [1.165, 1.54) is 10.5 Å². The zero-order chi connectivity index (χ0) is 65.2. The van der Waals surface area contributed by atoms with Crippen LogP contribution in [0.4, 0.5) is 10.5 Å². The lowest BCUT2D eigenvalue weighted by Crippen LogP contribution is -2.59. The summed E-state index contributed by atoms with van der Waals surface area (Å²) in [5, 5.41) is 6.38. The van der Waals surface area contributed by atoms with Gasteiger partial charge < -0.3 is 58.5 Å². The van der Waals surface area contributed by atoms with E-state index in [1.807, 2.05) is 99.6 Å². The van der Waals surface area contributed by atoms with Crippen LogP contribution >= 0.6 is 0 Å². The largest absolute Gasteiger partial charge is 0.491 e. The van der Waals surface area contributed by atoms with Gasteiger partial charge >= 0.3 is 6.09 Å². The fourth-order valence-electron chi connectivity index (χ4n) is 13.4. The van der Waals surface area contributed by atoms with Crippen molar-refractivity contribution in [2.75, 3.05) is 97.5 Å². The van der Waals surface area contributed by atoms with E-state index < -0.39 is 23.8 Å². The average molecular weight is 1260 g/mol. The Balaban J connectivity index is 0.687. The third kappa shape index (κ3) is 19.2. The number of aromatic nitrogens is 1. The van der Waals surface area contributed by atoms with Crippen LogP contribution in [0.1, 0.15) is 136 Å². The molecule has 0 radical (unpaired) electrons. The van der Waals surface area contributed by atoms with Crippen molar-refractivity contribution in [1.29, 1.82) is 0 Å². The molecule has 18 nitrogen and oxygen atoms in total. The number of carbonyl (C=O) groups is 4. The highest BCUT2D eigenvalue weighted by Crippen LogP contribution is 2.37. The molecule has 18 heteroatoms. The number of anilines is 1. The first-order chi connectivity index (χ1) is 44.4. The van der Waals surface area contributed by atoms with Crippen LogP contribution in [-0.4, -0.2) is 166 Å². The molecule has 1 saturated carbocycles.